The van der Waals surface area contributed by atoms with Crippen LogP contribution in [0.25, 0.3) is 5.76 Å². The number of Topliss-reactive ketones (excluding diaryl/α,β-unsaturated/α-hetero) is 1. The van der Waals surface area contributed by atoms with Crippen molar-refractivity contribution in [2.24, 2.45) is 0 Å². The van der Waals surface area contributed by atoms with Gasteiger partial charge in [0.1, 0.15) is 12.4 Å². The number of pyridine rings is 1. The summed E-state index contributed by atoms with van der Waals surface area (Å²) in [5.74, 6) is -0.547. The summed E-state index contributed by atoms with van der Waals surface area (Å²) in [5.41, 5.74) is 2.12. The summed E-state index contributed by atoms with van der Waals surface area (Å²) in [6.07, 6.45) is 3.06. The van der Waals surface area contributed by atoms with Gasteiger partial charge in [0.15, 0.2) is 11.5 Å². The summed E-state index contributed by atoms with van der Waals surface area (Å²) in [6, 6.07) is 17.6. The van der Waals surface area contributed by atoms with E-state index >= 15 is 0 Å². The minimum atomic E-state index is -0.795. The van der Waals surface area contributed by atoms with Crippen LogP contribution in [0.15, 0.2) is 78.6 Å². The molecule has 1 atom stereocenters. The molecule has 0 aliphatic carbocycles. The van der Waals surface area contributed by atoms with Crippen LogP contribution in [0.5, 0.6) is 11.5 Å². The van der Waals surface area contributed by atoms with Gasteiger partial charge in [-0.05, 0) is 42.3 Å². The van der Waals surface area contributed by atoms with Gasteiger partial charge in [-0.25, -0.2) is 0 Å². The average molecular weight is 544 g/mol. The van der Waals surface area contributed by atoms with Gasteiger partial charge in [-0.1, -0.05) is 36.4 Å². The highest BCUT2D eigenvalue weighted by molar-refractivity contribution is 6.46. The molecule has 3 heterocycles. The van der Waals surface area contributed by atoms with E-state index in [1.54, 1.807) is 29.2 Å². The number of aliphatic hydroxyl groups excluding tert-OH is 1. The number of morpholine rings is 1. The van der Waals surface area contributed by atoms with Gasteiger partial charge in [0.05, 0.1) is 31.4 Å². The zero-order chi connectivity index (χ0) is 27.9. The molecule has 1 unspecified atom stereocenters. The Morgan fingerprint density at radius 3 is 2.45 bits per heavy atom. The summed E-state index contributed by atoms with van der Waals surface area (Å²) in [7, 11) is 0. The maximum Gasteiger partial charge on any atom is 0.295 e. The fourth-order valence-electron chi connectivity index (χ4n) is 5.01. The SMILES string of the molecule is CCOc1cc(C2/C(=C(\O)c3ccncc3)C(=O)C(=O)N2CCN2CCOCC2)ccc1OCc1ccccc1. The molecule has 2 fully saturated rings. The van der Waals surface area contributed by atoms with Gasteiger partial charge in [0.25, 0.3) is 11.7 Å². The lowest BCUT2D eigenvalue weighted by molar-refractivity contribution is -0.140. The van der Waals surface area contributed by atoms with E-state index in [-0.39, 0.29) is 11.3 Å². The number of aromatic nitrogens is 1. The van der Waals surface area contributed by atoms with Crippen molar-refractivity contribution >= 4 is 17.4 Å². The molecule has 5 rings (SSSR count). The molecule has 9 nitrogen and oxygen atoms in total. The zero-order valence-corrected chi connectivity index (χ0v) is 22.5. The van der Waals surface area contributed by atoms with Crippen molar-refractivity contribution in [2.45, 2.75) is 19.6 Å². The van der Waals surface area contributed by atoms with Crippen molar-refractivity contribution < 1.29 is 28.9 Å². The first-order valence-electron chi connectivity index (χ1n) is 13.5. The van der Waals surface area contributed by atoms with Crippen molar-refractivity contribution in [3.05, 3.63) is 95.3 Å². The van der Waals surface area contributed by atoms with E-state index in [4.69, 9.17) is 14.2 Å². The third kappa shape index (κ3) is 6.00. The molecule has 0 bridgehead atoms. The van der Waals surface area contributed by atoms with E-state index in [0.717, 1.165) is 18.7 Å². The number of rotatable bonds is 10. The van der Waals surface area contributed by atoms with Crippen molar-refractivity contribution in [3.63, 3.8) is 0 Å². The zero-order valence-electron chi connectivity index (χ0n) is 22.5. The molecule has 0 radical (unpaired) electrons. The number of ether oxygens (including phenoxy) is 3. The average Bonchev–Trinajstić information content (AvgIpc) is 3.25. The maximum atomic E-state index is 13.4. The standard InChI is InChI=1S/C31H33N3O6/c1-2-39-26-20-24(8-9-25(26)40-21-22-6-4-3-5-7-22)28-27(29(35)23-10-12-32-13-11-23)30(36)31(37)34(28)15-14-33-16-18-38-19-17-33/h3-13,20,28,35H,2,14-19,21H2,1H3/b29-27+. The largest absolute Gasteiger partial charge is 0.507 e. The van der Waals surface area contributed by atoms with Gasteiger partial charge in [-0.3, -0.25) is 19.5 Å². The molecule has 3 aromatic rings. The van der Waals surface area contributed by atoms with Gasteiger partial charge in [0, 0.05) is 44.1 Å². The number of hydrogen-bond acceptors (Lipinski definition) is 8. The summed E-state index contributed by atoms with van der Waals surface area (Å²) in [4.78, 5) is 34.5. The molecular weight excluding hydrogens is 510 g/mol. The second kappa shape index (κ2) is 12.8. The minimum Gasteiger partial charge on any atom is -0.507 e. The molecule has 2 aromatic carbocycles. The number of nitrogens with zero attached hydrogens (tertiary/aromatic N) is 3. The van der Waals surface area contributed by atoms with Crippen LogP contribution in [0.2, 0.25) is 0 Å². The second-order valence-electron chi connectivity index (χ2n) is 9.60. The highest BCUT2D eigenvalue weighted by atomic mass is 16.5. The van der Waals surface area contributed by atoms with Gasteiger partial charge in [-0.2, -0.15) is 0 Å². The summed E-state index contributed by atoms with van der Waals surface area (Å²) in [5, 5.41) is 11.3. The minimum absolute atomic E-state index is 0.0404. The first-order chi connectivity index (χ1) is 19.6. The van der Waals surface area contributed by atoms with E-state index in [0.29, 0.717) is 62.1 Å². The van der Waals surface area contributed by atoms with Gasteiger partial charge >= 0.3 is 0 Å². The molecule has 1 amide bonds. The van der Waals surface area contributed by atoms with Crippen LogP contribution < -0.4 is 9.47 Å². The normalized spacial score (nSPS) is 19.1. The molecule has 0 saturated carbocycles. The Balaban J connectivity index is 1.51. The third-order valence-electron chi connectivity index (χ3n) is 7.08. The number of likely N-dealkylation sites (tertiary alicyclic amines) is 1. The fraction of sp³-hybridized carbons (Fsp3) is 0.323. The number of amides is 1. The van der Waals surface area contributed by atoms with Crippen molar-refractivity contribution in [2.75, 3.05) is 46.0 Å². The van der Waals surface area contributed by atoms with Crippen LogP contribution in [-0.2, 0) is 20.9 Å². The Morgan fingerprint density at radius 1 is 0.975 bits per heavy atom. The van der Waals surface area contributed by atoms with Gasteiger partial charge in [-0.15, -0.1) is 0 Å². The first-order valence-corrected chi connectivity index (χ1v) is 13.5. The Labute approximate surface area is 233 Å². The van der Waals surface area contributed by atoms with E-state index in [1.165, 1.54) is 12.4 Å². The number of ketones is 1. The molecule has 2 aliphatic heterocycles. The summed E-state index contributed by atoms with van der Waals surface area (Å²) >= 11 is 0. The predicted octanol–water partition coefficient (Wildman–Crippen LogP) is 3.81. The van der Waals surface area contributed by atoms with Crippen molar-refractivity contribution in [1.82, 2.24) is 14.8 Å². The Kier molecular flexibility index (Phi) is 8.73. The lowest BCUT2D eigenvalue weighted by atomic mass is 9.95. The monoisotopic (exact) mass is 543 g/mol. The smallest absolute Gasteiger partial charge is 0.295 e. The number of carbonyl (C=O) groups is 2. The van der Waals surface area contributed by atoms with E-state index < -0.39 is 17.7 Å². The Hall–Kier alpha value is -4.21. The third-order valence-corrected chi connectivity index (χ3v) is 7.08. The number of hydrogen-bond donors (Lipinski definition) is 1. The van der Waals surface area contributed by atoms with Crippen molar-refractivity contribution in [3.8, 4) is 11.5 Å². The predicted molar refractivity (Wildman–Crippen MR) is 149 cm³/mol. The molecule has 0 spiro atoms. The Morgan fingerprint density at radius 2 is 1.73 bits per heavy atom. The van der Waals surface area contributed by atoms with Gasteiger partial charge < -0.3 is 24.2 Å². The first kappa shape index (κ1) is 27.4. The van der Waals surface area contributed by atoms with Crippen LogP contribution in [0, 0.1) is 0 Å². The molecular formula is C31H33N3O6. The molecule has 2 saturated heterocycles. The fourth-order valence-corrected chi connectivity index (χ4v) is 5.01. The van der Waals surface area contributed by atoms with E-state index in [1.807, 2.05) is 43.3 Å². The topological polar surface area (TPSA) is 101 Å². The Bertz CT molecular complexity index is 1360. The van der Waals surface area contributed by atoms with E-state index in [2.05, 4.69) is 9.88 Å². The van der Waals surface area contributed by atoms with Crippen LogP contribution in [0.1, 0.15) is 29.7 Å². The number of aliphatic hydroxyl groups is 1. The number of carbonyl (C=O) groups excluding carboxylic acids is 2. The summed E-state index contributed by atoms with van der Waals surface area (Å²) in [6.45, 7) is 6.32. The van der Waals surface area contributed by atoms with Crippen LogP contribution in [-0.4, -0.2) is 77.6 Å². The van der Waals surface area contributed by atoms with Crippen LogP contribution in [0.4, 0.5) is 0 Å². The maximum absolute atomic E-state index is 13.4. The van der Waals surface area contributed by atoms with E-state index in [9.17, 15) is 14.7 Å². The molecule has 2 aliphatic rings. The second-order valence-corrected chi connectivity index (χ2v) is 9.60. The lowest BCUT2D eigenvalue weighted by Gasteiger charge is -2.31. The highest BCUT2D eigenvalue weighted by Gasteiger charge is 2.46. The molecule has 9 heteroatoms. The summed E-state index contributed by atoms with van der Waals surface area (Å²) < 4.78 is 17.4. The molecule has 1 N–H and O–H groups in total. The van der Waals surface area contributed by atoms with Gasteiger partial charge in [0.2, 0.25) is 0 Å². The number of benzene rings is 2. The van der Waals surface area contributed by atoms with Crippen LogP contribution >= 0.6 is 0 Å². The molecule has 208 valence electrons. The quantitative estimate of drug-likeness (QED) is 0.234. The van der Waals surface area contributed by atoms with Crippen molar-refractivity contribution in [1.29, 1.82) is 0 Å². The molecule has 1 aromatic heterocycles. The molecule has 40 heavy (non-hydrogen) atoms. The highest BCUT2D eigenvalue weighted by Crippen LogP contribution is 2.42. The lowest BCUT2D eigenvalue weighted by Crippen LogP contribution is -2.42. The van der Waals surface area contributed by atoms with Crippen LogP contribution in [0.3, 0.4) is 0 Å².